The lowest BCUT2D eigenvalue weighted by Crippen LogP contribution is -2.45. The number of methoxy groups -OCH3 is 2. The van der Waals surface area contributed by atoms with Crippen LogP contribution in [0.3, 0.4) is 0 Å². The lowest BCUT2D eigenvalue weighted by Gasteiger charge is -2.40. The van der Waals surface area contributed by atoms with Crippen LogP contribution in [0.5, 0.6) is 0 Å². The van der Waals surface area contributed by atoms with Gasteiger partial charge in [0.1, 0.15) is 18.3 Å². The molecule has 4 rings (SSSR count). The first-order valence-electron chi connectivity index (χ1n) is 52.2. The molecule has 838 valence electrons. The summed E-state index contributed by atoms with van der Waals surface area (Å²) in [5.74, 6) is -3.17. The second-order valence-electron chi connectivity index (χ2n) is 45.1. The Balaban J connectivity index is -0.000000595. The summed E-state index contributed by atoms with van der Waals surface area (Å²) in [6, 6.07) is 0. The molecule has 0 spiro atoms. The number of esters is 5. The van der Waals surface area contributed by atoms with Gasteiger partial charge in [-0.1, -0.05) is 281 Å². The highest BCUT2D eigenvalue weighted by atomic mass is 32.2. The van der Waals surface area contributed by atoms with Crippen LogP contribution in [0.1, 0.15) is 400 Å². The van der Waals surface area contributed by atoms with Crippen LogP contribution in [-0.4, -0.2) is 201 Å². The molecule has 1 amide bonds. The van der Waals surface area contributed by atoms with Gasteiger partial charge in [0.15, 0.2) is 16.6 Å². The van der Waals surface area contributed by atoms with E-state index in [0.717, 1.165) is 128 Å². The van der Waals surface area contributed by atoms with E-state index in [1.807, 2.05) is 101 Å². The monoisotopic (exact) mass is 2080 g/mol. The Morgan fingerprint density at radius 3 is 1.01 bits per heavy atom. The number of rotatable bonds is 56. The van der Waals surface area contributed by atoms with Crippen molar-refractivity contribution in [2.75, 3.05) is 20.5 Å². The minimum absolute atomic E-state index is 0. The molecule has 9 N–H and O–H groups in total. The van der Waals surface area contributed by atoms with E-state index >= 15 is 0 Å². The number of nitrogens with one attached hydrogen (secondary N) is 1. The molecule has 0 radical (unpaired) electrons. The van der Waals surface area contributed by atoms with Gasteiger partial charge in [-0.2, -0.15) is 0 Å². The van der Waals surface area contributed by atoms with Crippen molar-refractivity contribution in [3.05, 3.63) is 97.2 Å². The van der Waals surface area contributed by atoms with Gasteiger partial charge in [-0.05, 0) is 225 Å². The van der Waals surface area contributed by atoms with Crippen LogP contribution in [0, 0.1) is 63.6 Å². The third-order valence-electron chi connectivity index (χ3n) is 27.4. The van der Waals surface area contributed by atoms with Gasteiger partial charge < -0.3 is 73.4 Å². The quantitative estimate of drug-likeness (QED) is 0.00898. The number of carboxylic acids is 1. The minimum atomic E-state index is -3.54. The van der Waals surface area contributed by atoms with Crippen LogP contribution < -0.4 is 4.72 Å². The second-order valence-corrected chi connectivity index (χ2v) is 56.3. The summed E-state index contributed by atoms with van der Waals surface area (Å²) in [6.45, 7) is 48.0. The number of hydrogen-bond acceptors (Lipinski definition) is 23. The van der Waals surface area contributed by atoms with Gasteiger partial charge in [-0.25, -0.2) is 8.42 Å². The summed E-state index contributed by atoms with van der Waals surface area (Å²) in [4.78, 5) is 83.1. The fraction of sp³-hybridized carbons (Fsp3) is 0.800. The second kappa shape index (κ2) is 74.2. The number of sulfonamides is 1. The largest absolute Gasteiger partial charge is 0.481 e. The topological polar surface area (TPSA) is 392 Å². The maximum Gasteiger partial charge on any atom is 0.311 e. The molecule has 0 aromatic heterocycles. The molecule has 4 fully saturated rings. The summed E-state index contributed by atoms with van der Waals surface area (Å²) >= 11 is 0. The molecule has 4 aliphatic rings. The average molecular weight is 2080 g/mol. The molecule has 28 heteroatoms. The van der Waals surface area contributed by atoms with Gasteiger partial charge in [0, 0.05) is 75.0 Å². The lowest BCUT2D eigenvalue weighted by molar-refractivity contribution is -0.160. The average Bonchev–Trinajstić information content (AvgIpc) is 1.63. The smallest absolute Gasteiger partial charge is 0.311 e. The molecule has 143 heavy (non-hydrogen) atoms. The van der Waals surface area contributed by atoms with E-state index in [9.17, 15) is 77.7 Å². The van der Waals surface area contributed by atoms with Crippen molar-refractivity contribution < 1.29 is 115 Å². The van der Waals surface area contributed by atoms with Crippen molar-refractivity contribution in [1.29, 1.82) is 0 Å². The number of carbonyl (C=O) groups is 7. The summed E-state index contributed by atoms with van der Waals surface area (Å²) < 4.78 is 65.3. The van der Waals surface area contributed by atoms with E-state index in [2.05, 4.69) is 129 Å². The third kappa shape index (κ3) is 60.6. The highest BCUT2D eigenvalue weighted by molar-refractivity contribution is 7.89. The molecule has 3 unspecified atom stereocenters. The van der Waals surface area contributed by atoms with Gasteiger partial charge in [0.25, 0.3) is 0 Å². The van der Waals surface area contributed by atoms with Crippen LogP contribution in [-0.2, 0) is 76.1 Å². The molecular formula is C115H215NO24SSi2. The van der Waals surface area contributed by atoms with Crippen LogP contribution >= 0.6 is 0 Å². The number of amides is 1. The van der Waals surface area contributed by atoms with Gasteiger partial charge >= 0.3 is 35.8 Å². The Hall–Kier alpha value is -5.77. The van der Waals surface area contributed by atoms with E-state index in [-0.39, 0.29) is 156 Å². The van der Waals surface area contributed by atoms with Gasteiger partial charge in [0.05, 0.1) is 91.7 Å². The molecule has 0 aromatic carbocycles. The predicted molar refractivity (Wildman–Crippen MR) is 592 cm³/mol. The van der Waals surface area contributed by atoms with Gasteiger partial charge in [-0.15, -0.1) is 0 Å². The maximum absolute atomic E-state index is 13.3. The zero-order valence-corrected chi connectivity index (χ0v) is 93.1. The Bertz CT molecular complexity index is 3830. The number of carbonyl (C=O) groups excluding carboxylic acids is 6. The van der Waals surface area contributed by atoms with E-state index in [4.69, 9.17) is 28.2 Å². The number of carboxylic acid groups (broad SMARTS) is 1. The zero-order chi connectivity index (χ0) is 105. The van der Waals surface area contributed by atoms with E-state index in [1.54, 1.807) is 39.0 Å². The SMILES string of the molecule is C.C.C.C.C.CCCCC[C@@H](/C=C/[C@@H]1[C@@H](C/C=C\CCCC(=O)O)[C@@H](O[Si](C)(C)C(C)(C)C)C[C@H]1OC(=O)C(C)(C)C)O[Si](C)(C)C(C)(C)C.CCCCC[C@H](O)/C=C/[C@H]1[C@H](O)CC(O)[C@@H]1C/C=C\CCCC(=O)OC.CCCCC[C@H](O)/C=C/[C@H]1[C@H](OC(=O)C(C)(C)C)CC(O)[C@@H]1C/C=C\CCCC(=O)NS(C)(=O)=O.CCCCC[C@H](O)/C=C/[C@H]1[C@H](OC(=O)C(C)(C)C)CC(O)[C@@H]1C/C=C\CCCC(=O)OC. The van der Waals surface area contributed by atoms with Crippen molar-refractivity contribution >= 4 is 68.4 Å². The number of aliphatic hydroxyl groups excluding tert-OH is 7. The number of hydrogen-bond donors (Lipinski definition) is 9. The van der Waals surface area contributed by atoms with Crippen LogP contribution in [0.2, 0.25) is 36.3 Å². The molecule has 4 saturated carbocycles. The Morgan fingerprint density at radius 1 is 0.378 bits per heavy atom. The van der Waals surface area contributed by atoms with Crippen molar-refractivity contribution in [2.24, 2.45) is 63.6 Å². The van der Waals surface area contributed by atoms with Crippen LogP contribution in [0.4, 0.5) is 0 Å². The first-order valence-corrected chi connectivity index (χ1v) is 59.9. The summed E-state index contributed by atoms with van der Waals surface area (Å²) in [5, 5.41) is 81.8. The Kier molecular flexibility index (Phi) is 75.6. The first-order chi connectivity index (χ1) is 64.3. The van der Waals surface area contributed by atoms with Gasteiger partial charge in [0.2, 0.25) is 15.9 Å². The van der Waals surface area contributed by atoms with E-state index in [0.29, 0.717) is 89.9 Å². The number of aliphatic carboxylic acids is 1. The number of ether oxygens (including phenoxy) is 5. The highest BCUT2D eigenvalue weighted by Gasteiger charge is 2.51. The molecule has 4 aliphatic carbocycles. The standard InChI is InChI=1S/C37H70O6Si2.C26H45NO7S.C26H44O6.C21H36O5.5CH4/c1-15-16-19-22-28(42-44(11,12)36(5,6)7)25-26-30-29(23-20-17-18-21-24-33(38)39)32(43-45(13,14)37(8,9)10)27-31(30)41-34(40)35(2,3)4;1-6-7-10-13-19(28)16-17-21-20(22(29)18-23(21)34-25(31)26(2,3)4)14-11-8-9-12-15-24(30)27-35(5,32)33;1-6-7-10-13-19(27)16-17-21-20(14-11-8-9-12-15-24(29)31-5)22(28)18-23(21)32-25(30)26(2,3)4;1-3-4-7-10-16(22)13-14-18-17(19(23)15-20(18)24)11-8-5-6-9-12-21(25)26-2;;;;;/h17,20,25-26,28-32H,15-16,18-19,21-24,27H2,1-14H3,(H,38,39);8,11,16-17,19-23,28-29H,6-7,9-10,12-15,18H2,1-5H3,(H,27,30);8,11,16-17,19-23,27-28H,6-7,9-10,12-15,18H2,1-5H3;5,8,13-14,16-20,22-24H,3-4,6-7,9-12,15H2,1-2H3;5*1H4/b20-17-,26-25+;2*11-8-,17-16+;8-5-,14-13+;;;;;/t28-,29+,30+,31+,32-;2*19-,20+,21+,22?,23+;16-,17+,18+,19?,20+;;;;;/m0000...../s1. The fourth-order valence-electron chi connectivity index (χ4n) is 16.6. The van der Waals surface area contributed by atoms with Crippen molar-refractivity contribution in [2.45, 2.75) is 509 Å². The van der Waals surface area contributed by atoms with Gasteiger partial charge in [-0.3, -0.25) is 38.3 Å². The summed E-state index contributed by atoms with van der Waals surface area (Å²) in [7, 11) is -4.89. The number of allylic oxidation sites excluding steroid dienone is 8. The number of unbranched alkanes of at least 4 members (excludes halogenated alkanes) is 12. The summed E-state index contributed by atoms with van der Waals surface area (Å²) in [6.07, 6.45) is 54.7. The molecule has 20 atom stereocenters. The molecule has 0 heterocycles. The maximum atomic E-state index is 13.3. The van der Waals surface area contributed by atoms with E-state index in [1.165, 1.54) is 20.6 Å². The molecule has 0 aromatic rings. The number of aliphatic hydroxyl groups is 7. The van der Waals surface area contributed by atoms with Crippen LogP contribution in [0.25, 0.3) is 0 Å². The normalized spacial score (nSPS) is 23.6. The fourth-order valence-corrected chi connectivity index (χ4v) is 19.8. The third-order valence-corrected chi connectivity index (χ3v) is 37.0. The molecule has 0 aliphatic heterocycles. The van der Waals surface area contributed by atoms with E-state index < -0.39 is 110 Å². The summed E-state index contributed by atoms with van der Waals surface area (Å²) in [5.41, 5.74) is -1.86. The highest BCUT2D eigenvalue weighted by Crippen LogP contribution is 2.48. The van der Waals surface area contributed by atoms with Crippen molar-refractivity contribution in [3.8, 4) is 0 Å². The predicted octanol–water partition coefficient (Wildman–Crippen LogP) is 25.4. The Labute approximate surface area is 873 Å². The molecule has 0 bridgehead atoms. The lowest BCUT2D eigenvalue weighted by atomic mass is 9.89. The van der Waals surface area contributed by atoms with Crippen LogP contribution in [0.15, 0.2) is 97.2 Å². The minimum Gasteiger partial charge on any atom is -0.481 e. The van der Waals surface area contributed by atoms with Crippen molar-refractivity contribution in [1.82, 2.24) is 4.72 Å². The molecular weight excluding hydrogens is 1870 g/mol. The molecule has 0 saturated heterocycles. The zero-order valence-electron chi connectivity index (χ0n) is 90.3. The van der Waals surface area contributed by atoms with Crippen molar-refractivity contribution in [3.63, 3.8) is 0 Å². The Morgan fingerprint density at radius 2 is 0.678 bits per heavy atom. The molecule has 25 nitrogen and oxygen atoms in total. The first kappa shape index (κ1) is 146.